The van der Waals surface area contributed by atoms with Crippen LogP contribution in [0.3, 0.4) is 0 Å². The topological polar surface area (TPSA) is 105 Å². The highest BCUT2D eigenvalue weighted by Gasteiger charge is 2.56. The van der Waals surface area contributed by atoms with Crippen LogP contribution in [0.25, 0.3) is 0 Å². The molecular weight excluding hydrogens is 576 g/mol. The largest absolute Gasteiger partial charge is 0.489 e. The third kappa shape index (κ3) is 6.75. The Bertz CT molecular complexity index is 1780. The van der Waals surface area contributed by atoms with Crippen LogP contribution in [0.15, 0.2) is 84.9 Å². The van der Waals surface area contributed by atoms with Gasteiger partial charge in [-0.1, -0.05) is 60.7 Å². The number of aliphatic hydroxyl groups is 1. The van der Waals surface area contributed by atoms with Crippen molar-refractivity contribution in [1.29, 1.82) is 0 Å². The van der Waals surface area contributed by atoms with Gasteiger partial charge in [0, 0.05) is 23.7 Å². The molecule has 1 saturated carbocycles. The minimum atomic E-state index is -1.71. The quantitative estimate of drug-likeness (QED) is 0.182. The molecule has 4 aromatic rings. The zero-order valence-electron chi connectivity index (χ0n) is 27.3. The number of carbonyl (C=O) groups excluding carboxylic acids is 3. The Hall–Kier alpha value is -4.75. The molecule has 7 heteroatoms. The fourth-order valence-corrected chi connectivity index (χ4v) is 6.41. The van der Waals surface area contributed by atoms with Crippen molar-refractivity contribution in [3.05, 3.63) is 124 Å². The number of rotatable bonds is 8. The Morgan fingerprint density at radius 3 is 1.89 bits per heavy atom. The van der Waals surface area contributed by atoms with Crippen molar-refractivity contribution in [3.8, 4) is 5.75 Å². The lowest BCUT2D eigenvalue weighted by Gasteiger charge is -2.44. The molecule has 0 radical (unpaired) electrons. The summed E-state index contributed by atoms with van der Waals surface area (Å²) in [5.41, 5.74) is 6.08. The van der Waals surface area contributed by atoms with Crippen molar-refractivity contribution in [2.45, 2.75) is 66.1 Å². The maximum absolute atomic E-state index is 14.2. The van der Waals surface area contributed by atoms with Gasteiger partial charge in [-0.3, -0.25) is 14.4 Å². The van der Waals surface area contributed by atoms with Gasteiger partial charge < -0.3 is 20.5 Å². The molecule has 46 heavy (non-hydrogen) atoms. The molecule has 0 bridgehead atoms. The standard InChI is InChI=1S/C39H42N2O5/c1-23-12-9-15-31(26(23)4)40-37(43)35-33(42)21-39(6,45)36(38(44)41-32-16-10-13-24(2)27(32)5)34(35)28-17-19-30(20-18-28)46-22-29-14-8-7-11-25(29)3/h7-20,34-36,45H,21-22H2,1-6H3,(H,40,43)(H,41,44). The number of amides is 2. The van der Waals surface area contributed by atoms with Crippen LogP contribution in [-0.2, 0) is 21.0 Å². The molecule has 4 atom stereocenters. The number of anilines is 2. The van der Waals surface area contributed by atoms with Gasteiger partial charge in [0.25, 0.3) is 0 Å². The summed E-state index contributed by atoms with van der Waals surface area (Å²) < 4.78 is 6.06. The fraction of sp³-hybridized carbons (Fsp3) is 0.308. The highest BCUT2D eigenvalue weighted by Crippen LogP contribution is 2.47. The number of ketones is 1. The zero-order valence-corrected chi connectivity index (χ0v) is 27.3. The number of ether oxygens (including phenoxy) is 1. The predicted molar refractivity (Wildman–Crippen MR) is 181 cm³/mol. The van der Waals surface area contributed by atoms with Crippen LogP contribution in [0.1, 0.15) is 58.2 Å². The van der Waals surface area contributed by atoms with Gasteiger partial charge in [0.05, 0.1) is 11.5 Å². The second kappa shape index (κ2) is 13.3. The minimum absolute atomic E-state index is 0.336. The van der Waals surface area contributed by atoms with Crippen molar-refractivity contribution in [3.63, 3.8) is 0 Å². The summed E-state index contributed by atoms with van der Waals surface area (Å²) in [6.07, 6.45) is -0.336. The summed E-state index contributed by atoms with van der Waals surface area (Å²) in [7, 11) is 0. The second-order valence-electron chi connectivity index (χ2n) is 12.7. The van der Waals surface area contributed by atoms with Crippen LogP contribution in [0, 0.1) is 46.5 Å². The van der Waals surface area contributed by atoms with E-state index in [1.807, 2.05) is 89.2 Å². The SMILES string of the molecule is Cc1ccccc1COc1ccc(C2C(C(=O)Nc3cccc(C)c3C)C(=O)CC(C)(O)C2C(=O)Nc2cccc(C)c2C)cc1. The summed E-state index contributed by atoms with van der Waals surface area (Å²) in [6.45, 7) is 11.6. The Morgan fingerprint density at radius 2 is 1.30 bits per heavy atom. The van der Waals surface area contributed by atoms with Crippen molar-refractivity contribution in [1.82, 2.24) is 0 Å². The third-order valence-corrected chi connectivity index (χ3v) is 9.48. The average molecular weight is 619 g/mol. The molecule has 1 aliphatic rings. The van der Waals surface area contributed by atoms with Gasteiger partial charge in [0.15, 0.2) is 0 Å². The molecule has 0 saturated heterocycles. The van der Waals surface area contributed by atoms with Gasteiger partial charge >= 0.3 is 0 Å². The van der Waals surface area contributed by atoms with E-state index in [-0.39, 0.29) is 6.42 Å². The van der Waals surface area contributed by atoms with Crippen molar-refractivity contribution in [2.24, 2.45) is 11.8 Å². The van der Waals surface area contributed by atoms with E-state index in [2.05, 4.69) is 10.6 Å². The molecule has 0 aromatic heterocycles. The first-order valence-electron chi connectivity index (χ1n) is 15.6. The zero-order chi connectivity index (χ0) is 33.2. The molecule has 1 aliphatic carbocycles. The van der Waals surface area contributed by atoms with E-state index in [1.54, 1.807) is 30.3 Å². The van der Waals surface area contributed by atoms with E-state index in [0.29, 0.717) is 29.3 Å². The lowest BCUT2D eigenvalue weighted by molar-refractivity contribution is -0.150. The van der Waals surface area contributed by atoms with E-state index in [9.17, 15) is 19.5 Å². The van der Waals surface area contributed by atoms with E-state index in [1.165, 1.54) is 6.92 Å². The van der Waals surface area contributed by atoms with Crippen molar-refractivity contribution < 1.29 is 24.2 Å². The Kier molecular flexibility index (Phi) is 9.44. The molecule has 0 spiro atoms. The fourth-order valence-electron chi connectivity index (χ4n) is 6.41. The molecule has 5 rings (SSSR count). The summed E-state index contributed by atoms with van der Waals surface area (Å²) in [5.74, 6) is -4.06. The number of Topliss-reactive ketones (excluding diaryl/α,β-unsaturated/α-hetero) is 1. The van der Waals surface area contributed by atoms with Crippen LogP contribution < -0.4 is 15.4 Å². The van der Waals surface area contributed by atoms with Gasteiger partial charge in [-0.25, -0.2) is 0 Å². The third-order valence-electron chi connectivity index (χ3n) is 9.48. The van der Waals surface area contributed by atoms with Crippen LogP contribution in [-0.4, -0.2) is 28.3 Å². The highest BCUT2D eigenvalue weighted by molar-refractivity contribution is 6.10. The van der Waals surface area contributed by atoms with E-state index in [4.69, 9.17) is 4.74 Å². The van der Waals surface area contributed by atoms with Crippen LogP contribution in [0.2, 0.25) is 0 Å². The Labute approximate surface area is 271 Å². The van der Waals surface area contributed by atoms with Gasteiger partial charge in [-0.05, 0) is 105 Å². The normalized spacial score (nSPS) is 21.0. The first-order chi connectivity index (χ1) is 21.9. The molecule has 7 nitrogen and oxygen atoms in total. The Morgan fingerprint density at radius 1 is 0.761 bits per heavy atom. The van der Waals surface area contributed by atoms with E-state index >= 15 is 0 Å². The number of nitrogens with one attached hydrogen (secondary N) is 2. The monoisotopic (exact) mass is 618 g/mol. The molecule has 4 aromatic carbocycles. The molecule has 0 heterocycles. The molecule has 3 N–H and O–H groups in total. The van der Waals surface area contributed by atoms with Gasteiger partial charge in [-0.15, -0.1) is 0 Å². The van der Waals surface area contributed by atoms with Crippen molar-refractivity contribution >= 4 is 29.0 Å². The number of carbonyl (C=O) groups is 3. The first kappa shape index (κ1) is 32.6. The average Bonchev–Trinajstić information content (AvgIpc) is 3.00. The first-order valence-corrected chi connectivity index (χ1v) is 15.6. The van der Waals surface area contributed by atoms with E-state index in [0.717, 1.165) is 33.4 Å². The Balaban J connectivity index is 1.53. The molecule has 4 unspecified atom stereocenters. The summed E-state index contributed by atoms with van der Waals surface area (Å²) >= 11 is 0. The summed E-state index contributed by atoms with van der Waals surface area (Å²) in [5, 5.41) is 17.7. The molecule has 0 aliphatic heterocycles. The van der Waals surface area contributed by atoms with Gasteiger partial charge in [0.1, 0.15) is 24.1 Å². The van der Waals surface area contributed by atoms with Gasteiger partial charge in [0.2, 0.25) is 11.8 Å². The summed E-state index contributed by atoms with van der Waals surface area (Å²) in [6, 6.07) is 26.3. The minimum Gasteiger partial charge on any atom is -0.489 e. The van der Waals surface area contributed by atoms with Crippen LogP contribution >= 0.6 is 0 Å². The smallest absolute Gasteiger partial charge is 0.235 e. The molecule has 1 fully saturated rings. The number of hydrogen-bond acceptors (Lipinski definition) is 5. The number of benzene rings is 4. The number of hydrogen-bond donors (Lipinski definition) is 3. The van der Waals surface area contributed by atoms with Crippen molar-refractivity contribution in [2.75, 3.05) is 10.6 Å². The molecule has 2 amide bonds. The van der Waals surface area contributed by atoms with E-state index < -0.39 is 41.0 Å². The van der Waals surface area contributed by atoms with Crippen LogP contribution in [0.5, 0.6) is 5.75 Å². The lowest BCUT2D eigenvalue weighted by Crippen LogP contribution is -2.56. The molecular formula is C39H42N2O5. The van der Waals surface area contributed by atoms with Crippen LogP contribution in [0.4, 0.5) is 11.4 Å². The van der Waals surface area contributed by atoms with Gasteiger partial charge in [-0.2, -0.15) is 0 Å². The second-order valence-corrected chi connectivity index (χ2v) is 12.7. The number of aryl methyl sites for hydroxylation is 3. The molecule has 238 valence electrons. The summed E-state index contributed by atoms with van der Waals surface area (Å²) in [4.78, 5) is 42.0. The maximum atomic E-state index is 14.2. The highest BCUT2D eigenvalue weighted by atomic mass is 16.5. The predicted octanol–water partition coefficient (Wildman–Crippen LogP) is 7.12. The maximum Gasteiger partial charge on any atom is 0.235 e. The lowest BCUT2D eigenvalue weighted by atomic mass is 9.61.